The van der Waals surface area contributed by atoms with Gasteiger partial charge < -0.3 is 14.2 Å². The molecule has 0 radical (unpaired) electrons. The molecule has 7 heteroatoms. The summed E-state index contributed by atoms with van der Waals surface area (Å²) in [6, 6.07) is 3.31. The Morgan fingerprint density at radius 2 is 1.83 bits per heavy atom. The molecular formula is C11H15ClO5S. The molecule has 0 bridgehead atoms. The lowest BCUT2D eigenvalue weighted by Gasteiger charge is -2.14. The van der Waals surface area contributed by atoms with E-state index in [1.807, 2.05) is 0 Å². The van der Waals surface area contributed by atoms with Crippen LogP contribution in [0, 0.1) is 0 Å². The molecule has 1 aromatic rings. The van der Waals surface area contributed by atoms with Crippen molar-refractivity contribution < 1.29 is 22.6 Å². The molecule has 0 saturated carbocycles. The maximum Gasteiger partial charge on any atom is 0.236 e. The van der Waals surface area contributed by atoms with Gasteiger partial charge in [0.05, 0.1) is 26.6 Å². The Bertz CT molecular complexity index is 512. The predicted molar refractivity (Wildman–Crippen MR) is 68.7 cm³/mol. The minimum atomic E-state index is -3.67. The number of rotatable bonds is 6. The SMILES string of the molecule is COCc1cc(OC)cc(OC)c1CS(=O)(=O)Cl. The summed E-state index contributed by atoms with van der Waals surface area (Å²) >= 11 is 0. The minimum absolute atomic E-state index is 0.245. The van der Waals surface area contributed by atoms with Gasteiger partial charge in [-0.3, -0.25) is 0 Å². The van der Waals surface area contributed by atoms with Crippen molar-refractivity contribution >= 4 is 19.7 Å². The molecule has 5 nitrogen and oxygen atoms in total. The fourth-order valence-corrected chi connectivity index (χ4v) is 2.60. The summed E-state index contributed by atoms with van der Waals surface area (Å²) in [6.07, 6.45) is 0. The van der Waals surface area contributed by atoms with Gasteiger partial charge >= 0.3 is 0 Å². The molecule has 1 rings (SSSR count). The molecule has 0 N–H and O–H groups in total. The molecule has 0 spiro atoms. The second-order valence-corrected chi connectivity index (χ2v) is 6.36. The second-order valence-electron chi connectivity index (χ2n) is 3.58. The van der Waals surface area contributed by atoms with Gasteiger partial charge in [-0.05, 0) is 11.6 Å². The lowest BCUT2D eigenvalue weighted by atomic mass is 10.1. The minimum Gasteiger partial charge on any atom is -0.497 e. The molecule has 0 saturated heterocycles. The molecule has 1 aromatic carbocycles. The zero-order valence-corrected chi connectivity index (χ0v) is 12.0. The zero-order valence-electron chi connectivity index (χ0n) is 10.4. The summed E-state index contributed by atoms with van der Waals surface area (Å²) in [7, 11) is 6.10. The summed E-state index contributed by atoms with van der Waals surface area (Å²) in [5.41, 5.74) is 1.15. The van der Waals surface area contributed by atoms with E-state index < -0.39 is 9.05 Å². The van der Waals surface area contributed by atoms with E-state index in [9.17, 15) is 8.42 Å². The van der Waals surface area contributed by atoms with E-state index in [1.54, 1.807) is 12.1 Å². The van der Waals surface area contributed by atoms with Crippen LogP contribution in [-0.2, 0) is 26.1 Å². The highest BCUT2D eigenvalue weighted by Gasteiger charge is 2.18. The number of methoxy groups -OCH3 is 3. The van der Waals surface area contributed by atoms with Crippen LogP contribution in [0.4, 0.5) is 0 Å². The van der Waals surface area contributed by atoms with Crippen LogP contribution in [-0.4, -0.2) is 29.7 Å². The molecule has 0 atom stereocenters. The van der Waals surface area contributed by atoms with Crippen LogP contribution in [0.1, 0.15) is 11.1 Å². The molecule has 102 valence electrons. The van der Waals surface area contributed by atoms with Crippen LogP contribution in [0.2, 0.25) is 0 Å². The molecule has 0 unspecified atom stereocenters. The first-order chi connectivity index (χ1) is 8.41. The van der Waals surface area contributed by atoms with Gasteiger partial charge in [-0.1, -0.05) is 0 Å². The molecule has 0 amide bonds. The number of benzene rings is 1. The fourth-order valence-electron chi connectivity index (χ4n) is 1.60. The highest BCUT2D eigenvalue weighted by Crippen LogP contribution is 2.31. The molecular weight excluding hydrogens is 280 g/mol. The maximum absolute atomic E-state index is 11.2. The largest absolute Gasteiger partial charge is 0.497 e. The van der Waals surface area contributed by atoms with E-state index in [4.69, 9.17) is 24.9 Å². The van der Waals surface area contributed by atoms with Crippen molar-refractivity contribution in [1.29, 1.82) is 0 Å². The van der Waals surface area contributed by atoms with Gasteiger partial charge in [0.2, 0.25) is 9.05 Å². The lowest BCUT2D eigenvalue weighted by Crippen LogP contribution is -2.05. The zero-order chi connectivity index (χ0) is 13.8. The molecule has 0 aliphatic rings. The van der Waals surface area contributed by atoms with Crippen molar-refractivity contribution in [3.05, 3.63) is 23.3 Å². The molecule has 0 fully saturated rings. The average molecular weight is 295 g/mol. The highest BCUT2D eigenvalue weighted by atomic mass is 35.7. The average Bonchev–Trinajstić information content (AvgIpc) is 2.29. The van der Waals surface area contributed by atoms with Gasteiger partial charge in [0, 0.05) is 29.4 Å². The third-order valence-corrected chi connectivity index (χ3v) is 3.31. The Kier molecular flexibility index (Phi) is 5.25. The summed E-state index contributed by atoms with van der Waals surface area (Å²) in [5.74, 6) is 0.653. The van der Waals surface area contributed by atoms with Crippen LogP contribution in [0.15, 0.2) is 12.1 Å². The van der Waals surface area contributed by atoms with Crippen molar-refractivity contribution in [3.63, 3.8) is 0 Å². The van der Waals surface area contributed by atoms with Gasteiger partial charge in [0.25, 0.3) is 0 Å². The van der Waals surface area contributed by atoms with E-state index in [0.717, 1.165) is 0 Å². The van der Waals surface area contributed by atoms with Gasteiger partial charge in [0.1, 0.15) is 11.5 Å². The molecule has 0 aliphatic carbocycles. The first kappa shape index (κ1) is 15.1. The lowest BCUT2D eigenvalue weighted by molar-refractivity contribution is 0.183. The molecule has 0 aliphatic heterocycles. The van der Waals surface area contributed by atoms with E-state index >= 15 is 0 Å². The Balaban J connectivity index is 3.34. The first-order valence-corrected chi connectivity index (χ1v) is 7.54. The van der Waals surface area contributed by atoms with Crippen molar-refractivity contribution in [3.8, 4) is 11.5 Å². The van der Waals surface area contributed by atoms with E-state index in [0.29, 0.717) is 22.6 Å². The predicted octanol–water partition coefficient (Wildman–Crippen LogP) is 1.92. The van der Waals surface area contributed by atoms with Crippen LogP contribution >= 0.6 is 10.7 Å². The third kappa shape index (κ3) is 4.04. The van der Waals surface area contributed by atoms with Gasteiger partial charge in [-0.2, -0.15) is 0 Å². The molecule has 18 heavy (non-hydrogen) atoms. The third-order valence-electron chi connectivity index (χ3n) is 2.35. The van der Waals surface area contributed by atoms with Crippen molar-refractivity contribution in [2.75, 3.05) is 21.3 Å². The van der Waals surface area contributed by atoms with Gasteiger partial charge in [0.15, 0.2) is 0 Å². The van der Waals surface area contributed by atoms with Crippen molar-refractivity contribution in [2.24, 2.45) is 0 Å². The van der Waals surface area contributed by atoms with Crippen molar-refractivity contribution in [2.45, 2.75) is 12.4 Å². The molecule has 0 aromatic heterocycles. The van der Waals surface area contributed by atoms with Crippen LogP contribution in [0.25, 0.3) is 0 Å². The fraction of sp³-hybridized carbons (Fsp3) is 0.455. The second kappa shape index (κ2) is 6.26. The highest BCUT2D eigenvalue weighted by molar-refractivity contribution is 8.13. The summed E-state index contributed by atoms with van der Waals surface area (Å²) < 4.78 is 37.7. The Morgan fingerprint density at radius 3 is 2.28 bits per heavy atom. The van der Waals surface area contributed by atoms with E-state index in [2.05, 4.69) is 0 Å². The van der Waals surface area contributed by atoms with Crippen LogP contribution in [0.5, 0.6) is 11.5 Å². The summed E-state index contributed by atoms with van der Waals surface area (Å²) in [5, 5.41) is 0. The van der Waals surface area contributed by atoms with Gasteiger partial charge in [-0.15, -0.1) is 0 Å². The van der Waals surface area contributed by atoms with Gasteiger partial charge in [-0.25, -0.2) is 8.42 Å². The first-order valence-electron chi connectivity index (χ1n) is 5.06. The van der Waals surface area contributed by atoms with Crippen LogP contribution < -0.4 is 9.47 Å². The van der Waals surface area contributed by atoms with E-state index in [-0.39, 0.29) is 12.4 Å². The normalized spacial score (nSPS) is 11.3. The standard InChI is InChI=1S/C11H15ClO5S/c1-15-6-8-4-9(16-2)5-11(17-3)10(8)7-18(12,13)14/h4-5H,6-7H2,1-3H3. The number of hydrogen-bond acceptors (Lipinski definition) is 5. The van der Waals surface area contributed by atoms with E-state index in [1.165, 1.54) is 21.3 Å². The topological polar surface area (TPSA) is 61.8 Å². The smallest absolute Gasteiger partial charge is 0.236 e. The Hall–Kier alpha value is -0.980. The monoisotopic (exact) mass is 294 g/mol. The maximum atomic E-state index is 11.2. The quantitative estimate of drug-likeness (QED) is 0.750. The number of ether oxygens (including phenoxy) is 3. The number of halogens is 1. The Labute approximate surface area is 111 Å². The van der Waals surface area contributed by atoms with Crippen molar-refractivity contribution in [1.82, 2.24) is 0 Å². The number of hydrogen-bond donors (Lipinski definition) is 0. The summed E-state index contributed by atoms with van der Waals surface area (Å²) in [6.45, 7) is 0.245. The molecule has 0 heterocycles. The van der Waals surface area contributed by atoms with Crippen LogP contribution in [0.3, 0.4) is 0 Å². The summed E-state index contributed by atoms with van der Waals surface area (Å²) in [4.78, 5) is 0. The Morgan fingerprint density at radius 1 is 1.17 bits per heavy atom.